The van der Waals surface area contributed by atoms with Crippen LogP contribution < -0.4 is 0 Å². The van der Waals surface area contributed by atoms with Gasteiger partial charge < -0.3 is 4.90 Å². The minimum Gasteiger partial charge on any atom is -0.322 e. The molecular weight excluding hydrogens is 202 g/mol. The van der Waals surface area contributed by atoms with Crippen molar-refractivity contribution in [1.82, 2.24) is 14.5 Å². The molecule has 0 aromatic carbocycles. The van der Waals surface area contributed by atoms with Crippen molar-refractivity contribution in [3.8, 4) is 0 Å². The first-order valence-corrected chi connectivity index (χ1v) is 5.95. The third-order valence-corrected chi connectivity index (χ3v) is 2.60. The molecule has 0 unspecified atom stereocenters. The lowest BCUT2D eigenvalue weighted by Gasteiger charge is -2.26. The summed E-state index contributed by atoms with van der Waals surface area (Å²) in [6.45, 7) is 7.07. The second-order valence-corrected chi connectivity index (χ2v) is 4.25. The van der Waals surface area contributed by atoms with Gasteiger partial charge in [0.15, 0.2) is 0 Å². The summed E-state index contributed by atoms with van der Waals surface area (Å²) in [7, 11) is 0. The van der Waals surface area contributed by atoms with Crippen LogP contribution in [0.5, 0.6) is 0 Å². The molecule has 1 rings (SSSR count). The highest BCUT2D eigenvalue weighted by atomic mass is 16.2. The minimum atomic E-state index is 0.0172. The van der Waals surface area contributed by atoms with Gasteiger partial charge in [0.25, 0.3) is 0 Å². The molecule has 0 saturated carbocycles. The lowest BCUT2D eigenvalue weighted by molar-refractivity contribution is 0.183. The maximum atomic E-state index is 12.1. The highest BCUT2D eigenvalue weighted by Gasteiger charge is 2.17. The van der Waals surface area contributed by atoms with Crippen molar-refractivity contribution in [1.29, 1.82) is 0 Å². The van der Waals surface area contributed by atoms with E-state index in [1.807, 2.05) is 18.7 Å². The standard InChI is InChI=1S/C12H21N3O/c1-4-5-6-8-15(11(2)3)12(16)14-9-7-13-10-14/h7,9-11H,4-6,8H2,1-3H3. The van der Waals surface area contributed by atoms with Crippen molar-refractivity contribution in [3.63, 3.8) is 0 Å². The number of aromatic nitrogens is 2. The van der Waals surface area contributed by atoms with Crippen molar-refractivity contribution in [2.45, 2.75) is 46.1 Å². The van der Waals surface area contributed by atoms with E-state index in [2.05, 4.69) is 11.9 Å². The van der Waals surface area contributed by atoms with Crippen molar-refractivity contribution >= 4 is 6.03 Å². The first kappa shape index (κ1) is 12.7. The molecule has 0 spiro atoms. The molecule has 0 N–H and O–H groups in total. The van der Waals surface area contributed by atoms with Crippen LogP contribution in [0.3, 0.4) is 0 Å². The molecule has 0 aliphatic heterocycles. The molecule has 1 heterocycles. The Labute approximate surface area is 97.3 Å². The van der Waals surface area contributed by atoms with Gasteiger partial charge >= 0.3 is 6.03 Å². The van der Waals surface area contributed by atoms with Crippen molar-refractivity contribution in [2.75, 3.05) is 6.54 Å². The SMILES string of the molecule is CCCCCN(C(=O)n1ccnc1)C(C)C. The zero-order chi connectivity index (χ0) is 12.0. The molecule has 0 aliphatic rings. The number of hydrogen-bond acceptors (Lipinski definition) is 2. The van der Waals surface area contributed by atoms with Crippen molar-refractivity contribution in [2.24, 2.45) is 0 Å². The van der Waals surface area contributed by atoms with E-state index in [1.165, 1.54) is 17.4 Å². The quantitative estimate of drug-likeness (QED) is 0.720. The third-order valence-electron chi connectivity index (χ3n) is 2.60. The summed E-state index contributed by atoms with van der Waals surface area (Å²) in [5, 5.41) is 0. The molecule has 1 aromatic heterocycles. The van der Waals surface area contributed by atoms with Crippen molar-refractivity contribution in [3.05, 3.63) is 18.7 Å². The Morgan fingerprint density at radius 1 is 1.44 bits per heavy atom. The third kappa shape index (κ3) is 3.36. The van der Waals surface area contributed by atoms with Gasteiger partial charge in [-0.15, -0.1) is 0 Å². The van der Waals surface area contributed by atoms with Gasteiger partial charge in [0.1, 0.15) is 6.33 Å². The maximum Gasteiger partial charge on any atom is 0.329 e. The number of amides is 1. The first-order valence-electron chi connectivity index (χ1n) is 5.95. The topological polar surface area (TPSA) is 38.1 Å². The summed E-state index contributed by atoms with van der Waals surface area (Å²) in [4.78, 5) is 17.9. The van der Waals surface area contributed by atoms with E-state index < -0.39 is 0 Å². The van der Waals surface area contributed by atoms with Gasteiger partial charge in [-0.25, -0.2) is 9.78 Å². The number of nitrogens with zero attached hydrogens (tertiary/aromatic N) is 3. The van der Waals surface area contributed by atoms with Crippen LogP contribution >= 0.6 is 0 Å². The van der Waals surface area contributed by atoms with Crippen LogP contribution in [0.1, 0.15) is 40.0 Å². The summed E-state index contributed by atoms with van der Waals surface area (Å²) < 4.78 is 1.53. The van der Waals surface area contributed by atoms with Gasteiger partial charge in [-0.1, -0.05) is 19.8 Å². The molecule has 0 aliphatic carbocycles. The number of unbranched alkanes of at least 4 members (excludes halogenated alkanes) is 2. The van der Waals surface area contributed by atoms with Crippen LogP contribution in [0.25, 0.3) is 0 Å². The average molecular weight is 223 g/mol. The van der Waals surface area contributed by atoms with Gasteiger partial charge in [-0.3, -0.25) is 4.57 Å². The van der Waals surface area contributed by atoms with E-state index in [4.69, 9.17) is 0 Å². The lowest BCUT2D eigenvalue weighted by atomic mass is 10.2. The van der Waals surface area contributed by atoms with Gasteiger partial charge in [-0.05, 0) is 20.3 Å². The monoisotopic (exact) mass is 223 g/mol. The lowest BCUT2D eigenvalue weighted by Crippen LogP contribution is -2.40. The molecule has 0 atom stereocenters. The van der Waals surface area contributed by atoms with Gasteiger partial charge in [0.2, 0.25) is 0 Å². The predicted octanol–water partition coefficient (Wildman–Crippen LogP) is 2.75. The van der Waals surface area contributed by atoms with Crippen LogP contribution in [0.2, 0.25) is 0 Å². The Bertz CT molecular complexity index is 306. The maximum absolute atomic E-state index is 12.1. The van der Waals surface area contributed by atoms with E-state index in [0.29, 0.717) is 0 Å². The van der Waals surface area contributed by atoms with E-state index in [1.54, 1.807) is 18.7 Å². The molecule has 90 valence electrons. The molecule has 0 bridgehead atoms. The zero-order valence-corrected chi connectivity index (χ0v) is 10.4. The number of imidazole rings is 1. The second kappa shape index (κ2) is 6.30. The molecule has 4 heteroatoms. The van der Waals surface area contributed by atoms with Crippen LogP contribution in [0.4, 0.5) is 4.79 Å². The number of rotatable bonds is 5. The fourth-order valence-electron chi connectivity index (χ4n) is 1.63. The Balaban J connectivity index is 2.59. The van der Waals surface area contributed by atoms with Crippen molar-refractivity contribution < 1.29 is 4.79 Å². The van der Waals surface area contributed by atoms with Crippen LogP contribution in [0.15, 0.2) is 18.7 Å². The van der Waals surface area contributed by atoms with E-state index >= 15 is 0 Å². The summed E-state index contributed by atoms with van der Waals surface area (Å²) in [6.07, 6.45) is 8.28. The molecular formula is C12H21N3O. The fraction of sp³-hybridized carbons (Fsp3) is 0.667. The number of carbonyl (C=O) groups excluding carboxylic acids is 1. The molecule has 0 saturated heterocycles. The summed E-state index contributed by atoms with van der Waals surface area (Å²) >= 11 is 0. The largest absolute Gasteiger partial charge is 0.329 e. The fourth-order valence-corrected chi connectivity index (χ4v) is 1.63. The predicted molar refractivity (Wildman–Crippen MR) is 64.4 cm³/mol. The molecule has 1 aromatic rings. The molecule has 0 fully saturated rings. The first-order chi connectivity index (χ1) is 7.66. The van der Waals surface area contributed by atoms with E-state index in [9.17, 15) is 4.79 Å². The Morgan fingerprint density at radius 2 is 2.19 bits per heavy atom. The van der Waals surface area contributed by atoms with Crippen LogP contribution in [0, 0.1) is 0 Å². The number of carbonyl (C=O) groups is 1. The summed E-state index contributed by atoms with van der Waals surface area (Å²) in [5.41, 5.74) is 0. The second-order valence-electron chi connectivity index (χ2n) is 4.25. The van der Waals surface area contributed by atoms with Gasteiger partial charge in [-0.2, -0.15) is 0 Å². The highest BCUT2D eigenvalue weighted by Crippen LogP contribution is 2.06. The molecule has 1 amide bonds. The normalized spacial score (nSPS) is 10.8. The summed E-state index contributed by atoms with van der Waals surface area (Å²) in [6, 6.07) is 0.246. The van der Waals surface area contributed by atoms with E-state index in [0.717, 1.165) is 13.0 Å². The minimum absolute atomic E-state index is 0.0172. The highest BCUT2D eigenvalue weighted by molar-refractivity contribution is 5.76. The van der Waals surface area contributed by atoms with Crippen LogP contribution in [-0.2, 0) is 0 Å². The van der Waals surface area contributed by atoms with Gasteiger partial charge in [0.05, 0.1) is 0 Å². The summed E-state index contributed by atoms with van der Waals surface area (Å²) in [5.74, 6) is 0. The Kier molecular flexibility index (Phi) is 5.02. The zero-order valence-electron chi connectivity index (χ0n) is 10.4. The smallest absolute Gasteiger partial charge is 0.322 e. The van der Waals surface area contributed by atoms with Gasteiger partial charge in [0, 0.05) is 25.0 Å². The number of hydrogen-bond donors (Lipinski definition) is 0. The molecule has 0 radical (unpaired) electrons. The van der Waals surface area contributed by atoms with E-state index in [-0.39, 0.29) is 12.1 Å². The molecule has 16 heavy (non-hydrogen) atoms. The average Bonchev–Trinajstić information content (AvgIpc) is 2.76. The Morgan fingerprint density at radius 3 is 2.69 bits per heavy atom. The molecule has 4 nitrogen and oxygen atoms in total. The Hall–Kier alpha value is -1.32. The van der Waals surface area contributed by atoms with Crippen LogP contribution in [-0.4, -0.2) is 33.1 Å².